The monoisotopic (exact) mass is 325 g/mol. The molecule has 2 nitrogen and oxygen atoms in total. The normalized spacial score (nSPS) is 21.3. The van der Waals surface area contributed by atoms with Crippen LogP contribution in [-0.2, 0) is 11.2 Å². The lowest BCUT2D eigenvalue weighted by Gasteiger charge is -2.27. The molecular weight excluding hydrogens is 302 g/mol. The Kier molecular flexibility index (Phi) is 6.35. The van der Waals surface area contributed by atoms with E-state index in [9.17, 15) is 0 Å². The van der Waals surface area contributed by atoms with Crippen LogP contribution in [0.3, 0.4) is 0 Å². The van der Waals surface area contributed by atoms with Crippen molar-refractivity contribution in [2.45, 2.75) is 51.2 Å². The minimum Gasteiger partial charge on any atom is -0.378 e. The van der Waals surface area contributed by atoms with Crippen molar-refractivity contribution in [1.29, 1.82) is 0 Å². The van der Waals surface area contributed by atoms with E-state index < -0.39 is 0 Å². The van der Waals surface area contributed by atoms with Crippen LogP contribution in [0.5, 0.6) is 0 Å². The van der Waals surface area contributed by atoms with E-state index in [4.69, 9.17) is 4.74 Å². The lowest BCUT2D eigenvalue weighted by atomic mass is 9.97. The number of hydrogen-bond acceptors (Lipinski definition) is 2. The van der Waals surface area contributed by atoms with E-state index in [0.29, 0.717) is 12.1 Å². The molecule has 2 rings (SSSR count). The third-order valence-corrected chi connectivity index (χ3v) is 4.51. The van der Waals surface area contributed by atoms with Crippen LogP contribution in [-0.4, -0.2) is 25.3 Å². The quantitative estimate of drug-likeness (QED) is 0.855. The van der Waals surface area contributed by atoms with Gasteiger partial charge in [0.05, 0.1) is 6.10 Å². The predicted octanol–water partition coefficient (Wildman–Crippen LogP) is 3.93. The fourth-order valence-corrected chi connectivity index (χ4v) is 3.21. The highest BCUT2D eigenvalue weighted by molar-refractivity contribution is 9.10. The smallest absolute Gasteiger partial charge is 0.0590 e. The summed E-state index contributed by atoms with van der Waals surface area (Å²) in [6.45, 7) is 4.13. The number of hydrogen-bond donors (Lipinski definition) is 1. The van der Waals surface area contributed by atoms with Gasteiger partial charge in [0.25, 0.3) is 0 Å². The molecule has 1 saturated heterocycles. The first kappa shape index (κ1) is 15.0. The first-order chi connectivity index (χ1) is 9.29. The van der Waals surface area contributed by atoms with Crippen molar-refractivity contribution in [2.75, 3.05) is 13.2 Å². The first-order valence-electron chi connectivity index (χ1n) is 7.38. The summed E-state index contributed by atoms with van der Waals surface area (Å²) < 4.78 is 7.08. The molecule has 1 aliphatic rings. The fraction of sp³-hybridized carbons (Fsp3) is 0.625. The lowest BCUT2D eigenvalue weighted by Crippen LogP contribution is -2.36. The molecule has 0 spiro atoms. The molecule has 1 heterocycles. The Labute approximate surface area is 125 Å². The Hall–Kier alpha value is -0.380. The van der Waals surface area contributed by atoms with Gasteiger partial charge in [-0.3, -0.25) is 0 Å². The number of rotatable bonds is 6. The maximum atomic E-state index is 5.87. The number of nitrogens with one attached hydrogen (secondary N) is 1. The van der Waals surface area contributed by atoms with Gasteiger partial charge in [0.1, 0.15) is 0 Å². The van der Waals surface area contributed by atoms with E-state index in [2.05, 4.69) is 52.4 Å². The molecule has 2 unspecified atom stereocenters. The average Bonchev–Trinajstić information content (AvgIpc) is 2.43. The molecule has 106 valence electrons. The molecule has 0 aliphatic carbocycles. The van der Waals surface area contributed by atoms with Gasteiger partial charge < -0.3 is 10.1 Å². The standard InChI is InChI=1S/C16H24BrNO/c1-2-18-14(12-15-8-5-6-10-19-15)11-13-7-3-4-9-16(13)17/h3-4,7,9,14-15,18H,2,5-6,8,10-12H2,1H3. The Morgan fingerprint density at radius 1 is 1.37 bits per heavy atom. The van der Waals surface area contributed by atoms with E-state index in [0.717, 1.165) is 26.0 Å². The minimum absolute atomic E-state index is 0.445. The van der Waals surface area contributed by atoms with E-state index in [-0.39, 0.29) is 0 Å². The summed E-state index contributed by atoms with van der Waals surface area (Å²) in [4.78, 5) is 0. The van der Waals surface area contributed by atoms with Gasteiger partial charge in [-0.1, -0.05) is 41.1 Å². The van der Waals surface area contributed by atoms with Gasteiger partial charge in [0.15, 0.2) is 0 Å². The van der Waals surface area contributed by atoms with E-state index >= 15 is 0 Å². The Bertz CT molecular complexity index is 377. The highest BCUT2D eigenvalue weighted by Gasteiger charge is 2.19. The number of ether oxygens (including phenoxy) is 1. The summed E-state index contributed by atoms with van der Waals surface area (Å²) in [7, 11) is 0. The van der Waals surface area contributed by atoms with Crippen molar-refractivity contribution in [3.63, 3.8) is 0 Å². The molecule has 0 radical (unpaired) electrons. The van der Waals surface area contributed by atoms with E-state index in [1.165, 1.54) is 29.3 Å². The van der Waals surface area contributed by atoms with Gasteiger partial charge in [0, 0.05) is 17.1 Å². The predicted molar refractivity (Wildman–Crippen MR) is 83.5 cm³/mol. The molecular formula is C16H24BrNO. The van der Waals surface area contributed by atoms with Crippen molar-refractivity contribution in [1.82, 2.24) is 5.32 Å². The summed E-state index contributed by atoms with van der Waals surface area (Å²) in [5, 5.41) is 3.60. The fourth-order valence-electron chi connectivity index (χ4n) is 2.77. The van der Waals surface area contributed by atoms with Crippen LogP contribution >= 0.6 is 15.9 Å². The zero-order valence-corrected chi connectivity index (χ0v) is 13.3. The van der Waals surface area contributed by atoms with Gasteiger partial charge in [-0.25, -0.2) is 0 Å². The van der Waals surface area contributed by atoms with Gasteiger partial charge in [-0.15, -0.1) is 0 Å². The largest absolute Gasteiger partial charge is 0.378 e. The number of likely N-dealkylation sites (N-methyl/N-ethyl adjacent to an activating group) is 1. The van der Waals surface area contributed by atoms with Gasteiger partial charge >= 0.3 is 0 Å². The van der Waals surface area contributed by atoms with E-state index in [1.807, 2.05) is 0 Å². The van der Waals surface area contributed by atoms with Crippen LogP contribution in [0.1, 0.15) is 38.2 Å². The third-order valence-electron chi connectivity index (χ3n) is 3.74. The Morgan fingerprint density at radius 2 is 2.21 bits per heavy atom. The molecule has 19 heavy (non-hydrogen) atoms. The minimum atomic E-state index is 0.445. The highest BCUT2D eigenvalue weighted by Crippen LogP contribution is 2.22. The molecule has 1 aliphatic heterocycles. The molecule has 0 saturated carbocycles. The molecule has 0 aromatic heterocycles. The number of halogens is 1. The molecule has 1 aromatic carbocycles. The molecule has 2 atom stereocenters. The van der Waals surface area contributed by atoms with Crippen molar-refractivity contribution in [3.8, 4) is 0 Å². The zero-order chi connectivity index (χ0) is 13.5. The van der Waals surface area contributed by atoms with Crippen molar-refractivity contribution < 1.29 is 4.74 Å². The van der Waals surface area contributed by atoms with Gasteiger partial charge in [-0.2, -0.15) is 0 Å². The van der Waals surface area contributed by atoms with Crippen LogP contribution in [0.2, 0.25) is 0 Å². The van der Waals surface area contributed by atoms with Crippen molar-refractivity contribution in [3.05, 3.63) is 34.3 Å². The van der Waals surface area contributed by atoms with Crippen LogP contribution < -0.4 is 5.32 Å². The highest BCUT2D eigenvalue weighted by atomic mass is 79.9. The van der Waals surface area contributed by atoms with Gasteiger partial charge in [-0.05, 0) is 50.3 Å². The maximum absolute atomic E-state index is 5.87. The Morgan fingerprint density at radius 3 is 2.89 bits per heavy atom. The molecule has 0 amide bonds. The number of benzene rings is 1. The zero-order valence-electron chi connectivity index (χ0n) is 11.7. The second-order valence-corrected chi connectivity index (χ2v) is 6.13. The molecule has 3 heteroatoms. The maximum Gasteiger partial charge on any atom is 0.0590 e. The third kappa shape index (κ3) is 4.90. The summed E-state index contributed by atoms with van der Waals surface area (Å²) in [5.41, 5.74) is 1.38. The van der Waals surface area contributed by atoms with Crippen LogP contribution in [0.4, 0.5) is 0 Å². The van der Waals surface area contributed by atoms with Crippen molar-refractivity contribution >= 4 is 15.9 Å². The van der Waals surface area contributed by atoms with Crippen LogP contribution in [0.25, 0.3) is 0 Å². The van der Waals surface area contributed by atoms with Gasteiger partial charge in [0.2, 0.25) is 0 Å². The summed E-state index contributed by atoms with van der Waals surface area (Å²) in [5.74, 6) is 0. The summed E-state index contributed by atoms with van der Waals surface area (Å²) >= 11 is 3.64. The van der Waals surface area contributed by atoms with Crippen LogP contribution in [0, 0.1) is 0 Å². The first-order valence-corrected chi connectivity index (χ1v) is 8.17. The van der Waals surface area contributed by atoms with Crippen LogP contribution in [0.15, 0.2) is 28.7 Å². The molecule has 1 aromatic rings. The lowest BCUT2D eigenvalue weighted by molar-refractivity contribution is 0.00534. The Balaban J connectivity index is 1.93. The second kappa shape index (κ2) is 8.03. The molecule has 1 N–H and O–H groups in total. The molecule has 0 bridgehead atoms. The second-order valence-electron chi connectivity index (χ2n) is 5.27. The van der Waals surface area contributed by atoms with E-state index in [1.54, 1.807) is 0 Å². The summed E-state index contributed by atoms with van der Waals surface area (Å²) in [6, 6.07) is 9.01. The molecule has 1 fully saturated rings. The topological polar surface area (TPSA) is 21.3 Å². The summed E-state index contributed by atoms with van der Waals surface area (Å²) in [6.07, 6.45) is 6.40. The average molecular weight is 326 g/mol. The SMILES string of the molecule is CCNC(Cc1ccccc1Br)CC1CCCCO1. The van der Waals surface area contributed by atoms with Crippen molar-refractivity contribution in [2.24, 2.45) is 0 Å².